The number of aromatic amines is 1. The number of rotatable bonds is 2. The van der Waals surface area contributed by atoms with Crippen LogP contribution in [0.1, 0.15) is 5.56 Å². The fourth-order valence-electron chi connectivity index (χ4n) is 2.11. The number of H-pyrrole nitrogens is 1. The Hall–Kier alpha value is -1.88. The smallest absolute Gasteiger partial charge is 0.139 e. The van der Waals surface area contributed by atoms with Crippen LogP contribution >= 0.6 is 15.9 Å². The number of hydrogen-bond donors (Lipinski definition) is 1. The number of ether oxygens (including phenoxy) is 1. The van der Waals surface area contributed by atoms with E-state index in [2.05, 4.69) is 25.9 Å². The lowest BCUT2D eigenvalue weighted by Crippen LogP contribution is -1.88. The first kappa shape index (κ1) is 13.1. The summed E-state index contributed by atoms with van der Waals surface area (Å²) in [7, 11) is 1.64. The van der Waals surface area contributed by atoms with Crippen molar-refractivity contribution in [2.75, 3.05) is 7.11 Å². The molecule has 0 spiro atoms. The second-order valence-electron chi connectivity index (χ2n) is 4.55. The van der Waals surface area contributed by atoms with Gasteiger partial charge in [0.2, 0.25) is 0 Å². The first-order valence-corrected chi connectivity index (χ1v) is 6.87. The van der Waals surface area contributed by atoms with Gasteiger partial charge in [-0.25, -0.2) is 9.37 Å². The molecule has 1 N–H and O–H groups in total. The van der Waals surface area contributed by atoms with Crippen LogP contribution in [0.3, 0.4) is 0 Å². The van der Waals surface area contributed by atoms with E-state index in [4.69, 9.17) is 4.74 Å². The average molecular weight is 335 g/mol. The molecule has 3 nitrogen and oxygen atoms in total. The van der Waals surface area contributed by atoms with Gasteiger partial charge in [0.15, 0.2) is 0 Å². The number of hydrogen-bond acceptors (Lipinski definition) is 2. The van der Waals surface area contributed by atoms with Gasteiger partial charge in [0.1, 0.15) is 17.4 Å². The van der Waals surface area contributed by atoms with Gasteiger partial charge in [0.05, 0.1) is 22.6 Å². The van der Waals surface area contributed by atoms with E-state index in [0.29, 0.717) is 21.3 Å². The fourth-order valence-corrected chi connectivity index (χ4v) is 2.44. The molecule has 0 atom stereocenters. The van der Waals surface area contributed by atoms with Gasteiger partial charge < -0.3 is 9.72 Å². The van der Waals surface area contributed by atoms with Gasteiger partial charge in [0, 0.05) is 11.6 Å². The molecular weight excluding hydrogens is 323 g/mol. The van der Waals surface area contributed by atoms with E-state index in [1.165, 1.54) is 6.07 Å². The van der Waals surface area contributed by atoms with E-state index in [9.17, 15) is 4.39 Å². The van der Waals surface area contributed by atoms with Crippen LogP contribution in [0.4, 0.5) is 4.39 Å². The molecule has 20 heavy (non-hydrogen) atoms. The highest BCUT2D eigenvalue weighted by Gasteiger charge is 2.10. The second kappa shape index (κ2) is 4.90. The summed E-state index contributed by atoms with van der Waals surface area (Å²) in [6, 6.07) is 8.94. The zero-order valence-electron chi connectivity index (χ0n) is 11.0. The molecule has 1 aromatic heterocycles. The number of methoxy groups -OCH3 is 1. The largest absolute Gasteiger partial charge is 0.496 e. The Labute approximate surface area is 123 Å². The minimum absolute atomic E-state index is 0.311. The lowest BCUT2D eigenvalue weighted by atomic mass is 10.1. The molecule has 0 amide bonds. The number of fused-ring (bicyclic) bond motifs is 1. The van der Waals surface area contributed by atoms with Crippen LogP contribution in [-0.4, -0.2) is 17.1 Å². The zero-order valence-corrected chi connectivity index (χ0v) is 12.6. The number of aromatic nitrogens is 2. The second-order valence-corrected chi connectivity index (χ2v) is 5.41. The summed E-state index contributed by atoms with van der Waals surface area (Å²) < 4.78 is 19.2. The summed E-state index contributed by atoms with van der Waals surface area (Å²) in [6.45, 7) is 1.98. The summed E-state index contributed by atoms with van der Waals surface area (Å²) in [5, 5.41) is 0. The van der Waals surface area contributed by atoms with Gasteiger partial charge in [-0.2, -0.15) is 0 Å². The molecule has 0 radical (unpaired) electrons. The molecule has 0 aliphatic rings. The topological polar surface area (TPSA) is 37.9 Å². The Morgan fingerprint density at radius 1 is 1.25 bits per heavy atom. The highest BCUT2D eigenvalue weighted by atomic mass is 79.9. The lowest BCUT2D eigenvalue weighted by Gasteiger charge is -2.05. The highest BCUT2D eigenvalue weighted by molar-refractivity contribution is 9.10. The van der Waals surface area contributed by atoms with Crippen molar-refractivity contribution in [2.45, 2.75) is 6.92 Å². The van der Waals surface area contributed by atoms with Crippen molar-refractivity contribution in [3.63, 3.8) is 0 Å². The molecule has 102 valence electrons. The Morgan fingerprint density at radius 2 is 2.05 bits per heavy atom. The van der Waals surface area contributed by atoms with Gasteiger partial charge in [-0.05, 0) is 40.5 Å². The molecule has 1 heterocycles. The maximum atomic E-state index is 13.5. The number of aryl methyl sites for hydroxylation is 1. The molecule has 0 aliphatic heterocycles. The van der Waals surface area contributed by atoms with Gasteiger partial charge in [-0.15, -0.1) is 0 Å². The third-order valence-corrected chi connectivity index (χ3v) is 3.81. The lowest BCUT2D eigenvalue weighted by molar-refractivity contribution is 0.412. The fraction of sp³-hybridized carbons (Fsp3) is 0.133. The van der Waals surface area contributed by atoms with E-state index in [-0.39, 0.29) is 5.82 Å². The summed E-state index contributed by atoms with van der Waals surface area (Å²) in [6.07, 6.45) is 0. The summed E-state index contributed by atoms with van der Waals surface area (Å²) in [5.74, 6) is 1.18. The number of imidazole rings is 1. The molecule has 3 rings (SSSR count). The van der Waals surface area contributed by atoms with E-state index < -0.39 is 0 Å². The van der Waals surface area contributed by atoms with E-state index in [0.717, 1.165) is 16.9 Å². The molecule has 0 saturated carbocycles. The van der Waals surface area contributed by atoms with Crippen LogP contribution in [-0.2, 0) is 0 Å². The summed E-state index contributed by atoms with van der Waals surface area (Å²) in [5.41, 5.74) is 3.34. The van der Waals surface area contributed by atoms with Crippen molar-refractivity contribution >= 4 is 27.0 Å². The van der Waals surface area contributed by atoms with Gasteiger partial charge in [-0.3, -0.25) is 0 Å². The molecule has 2 aromatic carbocycles. The summed E-state index contributed by atoms with van der Waals surface area (Å²) >= 11 is 3.17. The van der Waals surface area contributed by atoms with E-state index in [1.54, 1.807) is 13.2 Å². The normalized spacial score (nSPS) is 11.0. The van der Waals surface area contributed by atoms with Crippen LogP contribution < -0.4 is 4.74 Å². The molecule has 0 aliphatic carbocycles. The van der Waals surface area contributed by atoms with Crippen molar-refractivity contribution in [3.05, 3.63) is 46.2 Å². The SMILES string of the molecule is COc1cc(-c2nc3cc(Br)c(F)cc3[nH]2)ccc1C. The van der Waals surface area contributed by atoms with Crippen molar-refractivity contribution in [3.8, 4) is 17.1 Å². The maximum absolute atomic E-state index is 13.5. The predicted molar refractivity (Wildman–Crippen MR) is 80.5 cm³/mol. The number of nitrogens with zero attached hydrogens (tertiary/aromatic N) is 1. The molecule has 0 saturated heterocycles. The number of halogens is 2. The highest BCUT2D eigenvalue weighted by Crippen LogP contribution is 2.28. The van der Waals surface area contributed by atoms with Gasteiger partial charge >= 0.3 is 0 Å². The average Bonchev–Trinajstić information content (AvgIpc) is 2.82. The molecule has 5 heteroatoms. The van der Waals surface area contributed by atoms with Crippen molar-refractivity contribution in [2.24, 2.45) is 0 Å². The van der Waals surface area contributed by atoms with Crippen LogP contribution in [0, 0.1) is 12.7 Å². The molecule has 0 bridgehead atoms. The first-order chi connectivity index (χ1) is 9.58. The van der Waals surface area contributed by atoms with E-state index in [1.807, 2.05) is 25.1 Å². The Bertz CT molecular complexity index is 759. The van der Waals surface area contributed by atoms with Crippen LogP contribution in [0.5, 0.6) is 5.75 Å². The Morgan fingerprint density at radius 3 is 2.80 bits per heavy atom. The molecule has 0 fully saturated rings. The quantitative estimate of drug-likeness (QED) is 0.751. The minimum Gasteiger partial charge on any atom is -0.496 e. The van der Waals surface area contributed by atoms with Crippen molar-refractivity contribution in [1.82, 2.24) is 9.97 Å². The van der Waals surface area contributed by atoms with Crippen molar-refractivity contribution < 1.29 is 9.13 Å². The van der Waals surface area contributed by atoms with Gasteiger partial charge in [0.25, 0.3) is 0 Å². The Balaban J connectivity index is 2.14. The van der Waals surface area contributed by atoms with Crippen molar-refractivity contribution in [1.29, 1.82) is 0 Å². The van der Waals surface area contributed by atoms with Crippen LogP contribution in [0.15, 0.2) is 34.8 Å². The molecule has 3 aromatic rings. The third-order valence-electron chi connectivity index (χ3n) is 3.21. The first-order valence-electron chi connectivity index (χ1n) is 6.08. The third kappa shape index (κ3) is 2.18. The van der Waals surface area contributed by atoms with E-state index >= 15 is 0 Å². The standard InChI is InChI=1S/C15H12BrFN2O/c1-8-3-4-9(5-14(8)20-2)15-18-12-6-10(16)11(17)7-13(12)19-15/h3-7H,1-2H3,(H,18,19). The number of nitrogens with one attached hydrogen (secondary N) is 1. The minimum atomic E-state index is -0.311. The van der Waals surface area contributed by atoms with Gasteiger partial charge in [-0.1, -0.05) is 12.1 Å². The molecular formula is C15H12BrFN2O. The van der Waals surface area contributed by atoms with Crippen LogP contribution in [0.2, 0.25) is 0 Å². The van der Waals surface area contributed by atoms with Crippen LogP contribution in [0.25, 0.3) is 22.4 Å². The number of benzene rings is 2. The monoisotopic (exact) mass is 334 g/mol. The predicted octanol–water partition coefficient (Wildman–Crippen LogP) is 4.45. The summed E-state index contributed by atoms with van der Waals surface area (Å²) in [4.78, 5) is 7.61. The Kier molecular flexibility index (Phi) is 3.22. The maximum Gasteiger partial charge on any atom is 0.139 e. The zero-order chi connectivity index (χ0) is 14.3. The molecule has 0 unspecified atom stereocenters.